The fourth-order valence-corrected chi connectivity index (χ4v) is 3.54. The summed E-state index contributed by atoms with van der Waals surface area (Å²) in [6.07, 6.45) is 0. The van der Waals surface area contributed by atoms with E-state index in [1.165, 1.54) is 11.1 Å². The van der Waals surface area contributed by atoms with E-state index in [2.05, 4.69) is 48.3 Å². The van der Waals surface area contributed by atoms with Gasteiger partial charge in [-0.15, -0.1) is 0 Å². The van der Waals surface area contributed by atoms with Crippen molar-refractivity contribution in [2.24, 2.45) is 0 Å². The summed E-state index contributed by atoms with van der Waals surface area (Å²) in [4.78, 5) is 14.8. The Morgan fingerprint density at radius 1 is 0.893 bits per heavy atom. The molecule has 0 radical (unpaired) electrons. The van der Waals surface area contributed by atoms with Crippen molar-refractivity contribution < 1.29 is 9.53 Å². The molecule has 1 atom stereocenters. The Balaban J connectivity index is 1.92. The molecule has 3 nitrogen and oxygen atoms in total. The van der Waals surface area contributed by atoms with E-state index in [0.29, 0.717) is 12.2 Å². The minimum Gasteiger partial charge on any atom is -0.462 e. The van der Waals surface area contributed by atoms with Crippen LogP contribution in [0.2, 0.25) is 0 Å². The second-order valence-electron chi connectivity index (χ2n) is 6.95. The monoisotopic (exact) mass is 373 g/mol. The maximum atomic E-state index is 12.5. The van der Waals surface area contributed by atoms with E-state index in [0.717, 1.165) is 18.7 Å². The minimum atomic E-state index is -0.259. The fraction of sp³-hybridized carbons (Fsp3) is 0.240. The maximum Gasteiger partial charge on any atom is 0.338 e. The molecule has 1 unspecified atom stereocenters. The first-order valence-corrected chi connectivity index (χ1v) is 9.72. The molecule has 28 heavy (non-hydrogen) atoms. The quantitative estimate of drug-likeness (QED) is 0.513. The lowest BCUT2D eigenvalue weighted by molar-refractivity contribution is 0.0524. The number of rotatable bonds is 8. The summed E-state index contributed by atoms with van der Waals surface area (Å²) >= 11 is 0. The second-order valence-corrected chi connectivity index (χ2v) is 6.95. The number of carbonyl (C=O) groups is 1. The number of hydrogen-bond acceptors (Lipinski definition) is 3. The molecule has 0 fully saturated rings. The van der Waals surface area contributed by atoms with Crippen molar-refractivity contribution >= 4 is 5.97 Å². The van der Waals surface area contributed by atoms with E-state index in [-0.39, 0.29) is 11.9 Å². The molecule has 0 spiro atoms. The largest absolute Gasteiger partial charge is 0.462 e. The Kier molecular flexibility index (Phi) is 6.99. The Morgan fingerprint density at radius 2 is 1.50 bits per heavy atom. The predicted octanol–water partition coefficient (Wildman–Crippen LogP) is 5.13. The van der Waals surface area contributed by atoms with Crippen molar-refractivity contribution in [3.8, 4) is 0 Å². The van der Waals surface area contributed by atoms with E-state index in [1.54, 1.807) is 0 Å². The molecule has 0 saturated heterocycles. The maximum absolute atomic E-state index is 12.5. The normalized spacial score (nSPS) is 12.0. The Bertz CT molecular complexity index is 877. The van der Waals surface area contributed by atoms with Gasteiger partial charge in [0.15, 0.2) is 0 Å². The van der Waals surface area contributed by atoms with Gasteiger partial charge in [-0.2, -0.15) is 0 Å². The number of hydrogen-bond donors (Lipinski definition) is 0. The zero-order valence-corrected chi connectivity index (χ0v) is 16.5. The van der Waals surface area contributed by atoms with Gasteiger partial charge in [0.25, 0.3) is 0 Å². The lowest BCUT2D eigenvalue weighted by Crippen LogP contribution is -2.26. The average molecular weight is 373 g/mol. The van der Waals surface area contributed by atoms with Gasteiger partial charge in [-0.3, -0.25) is 0 Å². The van der Waals surface area contributed by atoms with Gasteiger partial charge in [0.2, 0.25) is 0 Å². The van der Waals surface area contributed by atoms with Gasteiger partial charge in [-0.05, 0) is 36.7 Å². The molecule has 144 valence electrons. The third-order valence-corrected chi connectivity index (χ3v) is 4.82. The van der Waals surface area contributed by atoms with E-state index in [1.807, 2.05) is 55.5 Å². The van der Waals surface area contributed by atoms with Crippen LogP contribution >= 0.6 is 0 Å². The molecule has 0 aliphatic carbocycles. The summed E-state index contributed by atoms with van der Waals surface area (Å²) in [5, 5.41) is 0. The van der Waals surface area contributed by atoms with Gasteiger partial charge >= 0.3 is 5.97 Å². The summed E-state index contributed by atoms with van der Waals surface area (Å²) in [7, 11) is 2.12. The van der Waals surface area contributed by atoms with Crippen LogP contribution in [0, 0.1) is 0 Å². The van der Waals surface area contributed by atoms with Crippen molar-refractivity contribution in [3.05, 3.63) is 107 Å². The van der Waals surface area contributed by atoms with Crippen molar-refractivity contribution in [1.82, 2.24) is 4.90 Å². The highest BCUT2D eigenvalue weighted by Crippen LogP contribution is 2.29. The Morgan fingerprint density at radius 3 is 2.18 bits per heavy atom. The Labute approximate surface area is 167 Å². The topological polar surface area (TPSA) is 29.5 Å². The molecule has 0 saturated carbocycles. The van der Waals surface area contributed by atoms with Crippen LogP contribution < -0.4 is 0 Å². The molecule has 0 aliphatic heterocycles. The molecule has 0 aliphatic rings. The molecular formula is C25H27NO2. The summed E-state index contributed by atoms with van der Waals surface area (Å²) in [5.74, 6) is -0.180. The van der Waals surface area contributed by atoms with Gasteiger partial charge in [-0.25, -0.2) is 4.79 Å². The van der Waals surface area contributed by atoms with E-state index >= 15 is 0 Å². The lowest BCUT2D eigenvalue weighted by Gasteiger charge is -2.26. The summed E-state index contributed by atoms with van der Waals surface area (Å²) < 4.78 is 5.30. The van der Waals surface area contributed by atoms with Crippen molar-refractivity contribution in [2.45, 2.75) is 19.4 Å². The Hall–Kier alpha value is -2.91. The van der Waals surface area contributed by atoms with Crippen LogP contribution in [0.15, 0.2) is 84.9 Å². The van der Waals surface area contributed by atoms with Gasteiger partial charge in [-0.1, -0.05) is 78.9 Å². The van der Waals surface area contributed by atoms with Crippen LogP contribution in [-0.2, 0) is 11.3 Å². The number of likely N-dealkylation sites (N-methyl/N-ethyl adjacent to an activating group) is 1. The van der Waals surface area contributed by atoms with Crippen LogP contribution in [0.4, 0.5) is 0 Å². The smallest absolute Gasteiger partial charge is 0.338 e. The molecule has 0 amide bonds. The second kappa shape index (κ2) is 9.86. The van der Waals surface area contributed by atoms with E-state index < -0.39 is 0 Å². The fourth-order valence-electron chi connectivity index (χ4n) is 3.54. The molecular weight excluding hydrogens is 346 g/mol. The van der Waals surface area contributed by atoms with Crippen LogP contribution in [-0.4, -0.2) is 31.1 Å². The standard InChI is InChI=1S/C25H27NO2/c1-3-28-25(27)23-17-11-10-16-22(23)24(21-14-8-5-9-15-21)19-26(2)18-20-12-6-4-7-13-20/h4-17,24H,3,18-19H2,1-2H3. The van der Waals surface area contributed by atoms with Crippen LogP contribution in [0.5, 0.6) is 0 Å². The summed E-state index contributed by atoms with van der Waals surface area (Å²) in [6, 6.07) is 28.6. The molecule has 3 aromatic carbocycles. The minimum absolute atomic E-state index is 0.0792. The summed E-state index contributed by atoms with van der Waals surface area (Å²) in [6.45, 7) is 3.86. The first-order chi connectivity index (χ1) is 13.7. The van der Waals surface area contributed by atoms with Crippen molar-refractivity contribution in [2.75, 3.05) is 20.2 Å². The van der Waals surface area contributed by atoms with Gasteiger partial charge < -0.3 is 9.64 Å². The van der Waals surface area contributed by atoms with E-state index in [4.69, 9.17) is 4.74 Å². The number of esters is 1. The molecule has 3 aromatic rings. The molecule has 0 heterocycles. The highest BCUT2D eigenvalue weighted by Gasteiger charge is 2.22. The number of ether oxygens (including phenoxy) is 1. The van der Waals surface area contributed by atoms with Crippen molar-refractivity contribution in [3.63, 3.8) is 0 Å². The highest BCUT2D eigenvalue weighted by molar-refractivity contribution is 5.91. The number of nitrogens with zero attached hydrogens (tertiary/aromatic N) is 1. The van der Waals surface area contributed by atoms with Gasteiger partial charge in [0.1, 0.15) is 0 Å². The van der Waals surface area contributed by atoms with Crippen LogP contribution in [0.3, 0.4) is 0 Å². The zero-order chi connectivity index (χ0) is 19.8. The zero-order valence-electron chi connectivity index (χ0n) is 16.5. The molecule has 0 aromatic heterocycles. The number of benzene rings is 3. The van der Waals surface area contributed by atoms with Crippen LogP contribution in [0.1, 0.15) is 39.9 Å². The van der Waals surface area contributed by atoms with E-state index in [9.17, 15) is 4.79 Å². The van der Waals surface area contributed by atoms with Gasteiger partial charge in [0, 0.05) is 19.0 Å². The SMILES string of the molecule is CCOC(=O)c1ccccc1C(CN(C)Cc1ccccc1)c1ccccc1. The third kappa shape index (κ3) is 5.08. The van der Waals surface area contributed by atoms with Gasteiger partial charge in [0.05, 0.1) is 12.2 Å². The highest BCUT2D eigenvalue weighted by atomic mass is 16.5. The predicted molar refractivity (Wildman–Crippen MR) is 113 cm³/mol. The first-order valence-electron chi connectivity index (χ1n) is 9.72. The number of carbonyl (C=O) groups excluding carboxylic acids is 1. The van der Waals surface area contributed by atoms with Crippen molar-refractivity contribution in [1.29, 1.82) is 0 Å². The lowest BCUT2D eigenvalue weighted by atomic mass is 9.87. The first kappa shape index (κ1) is 19.8. The molecule has 3 heteroatoms. The van der Waals surface area contributed by atoms with Crippen LogP contribution in [0.25, 0.3) is 0 Å². The molecule has 0 bridgehead atoms. The average Bonchev–Trinajstić information content (AvgIpc) is 2.73. The summed E-state index contributed by atoms with van der Waals surface area (Å²) in [5.41, 5.74) is 4.12. The third-order valence-electron chi connectivity index (χ3n) is 4.82. The molecule has 0 N–H and O–H groups in total. The molecule has 3 rings (SSSR count).